The quantitative estimate of drug-likeness (QED) is 0.101. The van der Waals surface area contributed by atoms with Crippen LogP contribution in [0.15, 0.2) is 146 Å². The van der Waals surface area contributed by atoms with Crippen molar-refractivity contribution in [2.24, 2.45) is 0 Å². The van der Waals surface area contributed by atoms with E-state index in [1.165, 1.54) is 27.7 Å². The average Bonchev–Trinajstić information content (AvgIpc) is 3.75. The Labute approximate surface area is 322 Å². The number of aromatic nitrogens is 3. The molecule has 0 amide bonds. The Morgan fingerprint density at radius 2 is 1.42 bits per heavy atom. The minimum absolute atomic E-state index is 0. The van der Waals surface area contributed by atoms with Crippen LogP contribution in [0.25, 0.3) is 33.5 Å². The van der Waals surface area contributed by atoms with Crippen LogP contribution >= 0.6 is 0 Å². The van der Waals surface area contributed by atoms with Gasteiger partial charge in [-0.1, -0.05) is 98.4 Å². The van der Waals surface area contributed by atoms with Gasteiger partial charge in [-0.15, -0.1) is 35.9 Å². The van der Waals surface area contributed by atoms with E-state index in [1.807, 2.05) is 36.5 Å². The van der Waals surface area contributed by atoms with Gasteiger partial charge in [0, 0.05) is 50.0 Å². The van der Waals surface area contributed by atoms with Crippen molar-refractivity contribution in [1.82, 2.24) is 9.55 Å². The topological polar surface area (TPSA) is 37.4 Å². The third-order valence-corrected chi connectivity index (χ3v) is 10.8. The van der Waals surface area contributed by atoms with Crippen molar-refractivity contribution >= 4 is 46.4 Å². The molecule has 11 rings (SSSR count). The summed E-state index contributed by atoms with van der Waals surface area (Å²) in [6.45, 7) is 4.42. The zero-order valence-electron chi connectivity index (χ0n) is 28.9. The summed E-state index contributed by atoms with van der Waals surface area (Å²) in [5.74, 6) is 2.10. The largest absolute Gasteiger partial charge is 0.510 e. The monoisotopic (exact) mass is 862 g/mol. The maximum absolute atomic E-state index is 6.63. The molecule has 0 unspecified atom stereocenters. The second kappa shape index (κ2) is 11.8. The predicted octanol–water partition coefficient (Wildman–Crippen LogP) is 8.80. The summed E-state index contributed by atoms with van der Waals surface area (Å²) in [7, 11) is 0. The molecule has 0 fully saturated rings. The van der Waals surface area contributed by atoms with Crippen molar-refractivity contribution in [1.29, 1.82) is 0 Å². The minimum atomic E-state index is -0.246. The van der Waals surface area contributed by atoms with Crippen molar-refractivity contribution in [2.45, 2.75) is 19.3 Å². The molecule has 0 saturated heterocycles. The van der Waals surface area contributed by atoms with E-state index >= 15 is 0 Å². The number of ether oxygens (including phenoxy) is 1. The fourth-order valence-electron chi connectivity index (χ4n) is 8.48. The molecule has 5 heterocycles. The van der Waals surface area contributed by atoms with Crippen LogP contribution in [-0.4, -0.2) is 16.5 Å². The van der Waals surface area contributed by atoms with Crippen molar-refractivity contribution in [3.8, 4) is 34.0 Å². The van der Waals surface area contributed by atoms with Gasteiger partial charge < -0.3 is 18.9 Å². The van der Waals surface area contributed by atoms with E-state index in [4.69, 9.17) is 9.72 Å². The van der Waals surface area contributed by atoms with E-state index in [0.29, 0.717) is 11.5 Å². The first-order valence-corrected chi connectivity index (χ1v) is 17.6. The van der Waals surface area contributed by atoms with Gasteiger partial charge in [0.05, 0.1) is 22.4 Å². The number of fused-ring (bicyclic) bond motifs is 10. The minimum Gasteiger partial charge on any atom is -0.510 e. The predicted molar refractivity (Wildman–Crippen MR) is 206 cm³/mol. The average molecular weight is 863 g/mol. The Kier molecular flexibility index (Phi) is 7.08. The third kappa shape index (κ3) is 4.57. The van der Waals surface area contributed by atoms with E-state index in [1.54, 1.807) is 0 Å². The number of pyridine rings is 1. The van der Waals surface area contributed by atoms with Crippen LogP contribution in [0.4, 0.5) is 22.9 Å². The first kappa shape index (κ1) is 31.8. The van der Waals surface area contributed by atoms with E-state index in [2.05, 4.69) is 160 Å². The Bertz CT molecular complexity index is 2750. The van der Waals surface area contributed by atoms with Crippen LogP contribution in [0, 0.1) is 18.5 Å². The second-order valence-corrected chi connectivity index (χ2v) is 14.1. The molecule has 256 valence electrons. The molecule has 0 radical (unpaired) electrons. The van der Waals surface area contributed by atoms with Crippen molar-refractivity contribution in [2.75, 3.05) is 9.62 Å². The van der Waals surface area contributed by atoms with E-state index in [0.717, 1.165) is 45.3 Å². The van der Waals surface area contributed by atoms with Crippen molar-refractivity contribution in [3.05, 3.63) is 175 Å². The molecule has 8 heteroatoms. The van der Waals surface area contributed by atoms with Gasteiger partial charge in [-0.05, 0) is 58.0 Å². The third-order valence-electron chi connectivity index (χ3n) is 10.8. The smallest absolute Gasteiger partial charge is 0.420 e. The number of imidazole rings is 1. The molecule has 0 N–H and O–H groups in total. The number of nitrogens with zero attached hydrogens (tertiary/aromatic N) is 5. The van der Waals surface area contributed by atoms with Crippen LogP contribution in [0.5, 0.6) is 11.5 Å². The molecule has 0 spiro atoms. The van der Waals surface area contributed by atoms with Crippen LogP contribution < -0.4 is 24.4 Å². The summed E-state index contributed by atoms with van der Waals surface area (Å²) in [4.78, 5) is 9.61. The van der Waals surface area contributed by atoms with Gasteiger partial charge in [-0.25, -0.2) is 4.98 Å². The summed E-state index contributed by atoms with van der Waals surface area (Å²) in [5.41, 5.74) is 13.1. The maximum Gasteiger partial charge on any atom is 0.420 e. The van der Waals surface area contributed by atoms with Gasteiger partial charge in [0.1, 0.15) is 5.82 Å². The van der Waals surface area contributed by atoms with E-state index in [9.17, 15) is 0 Å². The number of hydrogen-bond donors (Lipinski definition) is 0. The van der Waals surface area contributed by atoms with E-state index in [-0.39, 0.29) is 33.5 Å². The number of para-hydroxylation sites is 3. The molecule has 0 aliphatic carbocycles. The van der Waals surface area contributed by atoms with Crippen LogP contribution in [0.2, 0.25) is 0 Å². The van der Waals surface area contributed by atoms with Crippen LogP contribution in [0.1, 0.15) is 25.0 Å². The summed E-state index contributed by atoms with van der Waals surface area (Å²) in [6, 6.07) is 55.9. The molecular formula is C45H30BN5OPt-2. The Morgan fingerprint density at radius 3 is 2.30 bits per heavy atom. The van der Waals surface area contributed by atoms with Gasteiger partial charge in [0.15, 0.2) is 0 Å². The maximum atomic E-state index is 6.63. The van der Waals surface area contributed by atoms with Crippen LogP contribution in [0.3, 0.4) is 0 Å². The summed E-state index contributed by atoms with van der Waals surface area (Å²) in [5, 5.41) is 0. The number of rotatable bonds is 4. The first-order chi connectivity index (χ1) is 25.6. The molecule has 6 nitrogen and oxygen atoms in total. The standard InChI is InChI=1S/C45H30BN5O.Pt/c1-45(2)36-25-24-33(28-42(36)49-29-48(30-13-4-3-5-14-30)40-22-11-19-37(45)43(40)49)52-32-16-10-15-31(27-32)50-44-41(23-12-26-47-44)51-39-21-9-7-18-35(39)34-17-6-8-20-38(34)46(50)51;/h3-26H,1-2H3;/q-2;. The van der Waals surface area contributed by atoms with Gasteiger partial charge in [-0.2, -0.15) is 12.1 Å². The van der Waals surface area contributed by atoms with Crippen LogP contribution in [-0.2, 0) is 26.5 Å². The fraction of sp³-hybridized carbons (Fsp3) is 0.0667. The molecule has 3 aliphatic heterocycles. The Hall–Kier alpha value is -5.91. The molecule has 53 heavy (non-hydrogen) atoms. The first-order valence-electron chi connectivity index (χ1n) is 17.6. The van der Waals surface area contributed by atoms with Gasteiger partial charge in [0.25, 0.3) is 6.33 Å². The molecule has 0 atom stereocenters. The Morgan fingerprint density at radius 1 is 0.660 bits per heavy atom. The molecule has 2 aromatic heterocycles. The number of benzene rings is 6. The molecule has 0 saturated carbocycles. The zero-order valence-corrected chi connectivity index (χ0v) is 31.2. The van der Waals surface area contributed by atoms with Gasteiger partial charge >= 0.3 is 6.98 Å². The molecule has 0 bridgehead atoms. The summed E-state index contributed by atoms with van der Waals surface area (Å²) in [6.07, 6.45) is 5.51. The van der Waals surface area contributed by atoms with Crippen molar-refractivity contribution in [3.63, 3.8) is 0 Å². The Balaban J connectivity index is 0.00000349. The summed E-state index contributed by atoms with van der Waals surface area (Å²) < 4.78 is 10.9. The van der Waals surface area contributed by atoms with E-state index < -0.39 is 0 Å². The zero-order chi connectivity index (χ0) is 34.6. The van der Waals surface area contributed by atoms with Gasteiger partial charge in [0.2, 0.25) is 0 Å². The second-order valence-electron chi connectivity index (χ2n) is 14.1. The molecule has 3 aliphatic rings. The van der Waals surface area contributed by atoms with Gasteiger partial charge in [-0.3, -0.25) is 4.57 Å². The SMILES string of the molecule is CC1(C)c2ccc(Oc3[c-]c(N4B5c6ccccc6-c6ccccc6N5c5cccnc54)ccc3)[c-]c2-n2[c-][n+](-c3ccccc3)c3cccc1c32.[Pt]. The van der Waals surface area contributed by atoms with Crippen molar-refractivity contribution < 1.29 is 30.4 Å². The number of anilines is 4. The fourth-order valence-corrected chi connectivity index (χ4v) is 8.48. The number of hydrogen-bond acceptors (Lipinski definition) is 4. The summed E-state index contributed by atoms with van der Waals surface area (Å²) >= 11 is 0. The molecule has 6 aromatic carbocycles. The normalized spacial score (nSPS) is 14.1. The molecular weight excluding hydrogens is 832 g/mol. The molecule has 8 aromatic rings.